The number of nitrogens with zero attached hydrogens (tertiary/aromatic N) is 3. The molecule has 0 saturated carbocycles. The molecule has 1 aromatic carbocycles. The molecule has 0 bridgehead atoms. The van der Waals surface area contributed by atoms with Crippen LogP contribution in [0.15, 0.2) is 35.0 Å². The minimum Gasteiger partial charge on any atom is -0.340 e. The van der Waals surface area contributed by atoms with Gasteiger partial charge in [0.15, 0.2) is 5.82 Å². The number of carbonyl (C=O) groups excluding carboxylic acids is 1. The van der Waals surface area contributed by atoms with E-state index < -0.39 is 5.54 Å². The molecule has 0 fully saturated rings. The van der Waals surface area contributed by atoms with Gasteiger partial charge >= 0.3 is 0 Å². The lowest BCUT2D eigenvalue weighted by molar-refractivity contribution is -0.123. The van der Waals surface area contributed by atoms with Gasteiger partial charge in [0.2, 0.25) is 5.91 Å². The fourth-order valence-corrected chi connectivity index (χ4v) is 2.63. The quantitative estimate of drug-likeness (QED) is 0.781. The molecule has 1 amide bonds. The first kappa shape index (κ1) is 16.2. The highest BCUT2D eigenvalue weighted by molar-refractivity contribution is 5.83. The number of halogens is 1. The Balaban J connectivity index is 1.78. The number of hydrogen-bond acceptors (Lipinski definition) is 4. The molecule has 0 aliphatic carbocycles. The van der Waals surface area contributed by atoms with Gasteiger partial charge in [0.05, 0.1) is 0 Å². The summed E-state index contributed by atoms with van der Waals surface area (Å²) >= 11 is 0. The van der Waals surface area contributed by atoms with E-state index in [0.29, 0.717) is 18.1 Å². The molecule has 24 heavy (non-hydrogen) atoms. The second kappa shape index (κ2) is 6.07. The maximum atomic E-state index is 13.3. The number of aryl methyl sites for hydroxylation is 1. The molecule has 2 heterocycles. The maximum absolute atomic E-state index is 13.3. The molecular formula is C17H19FN4O2. The number of nitrogens with one attached hydrogen (secondary N) is 1. The van der Waals surface area contributed by atoms with Gasteiger partial charge in [-0.05, 0) is 44.5 Å². The van der Waals surface area contributed by atoms with Crippen LogP contribution in [-0.4, -0.2) is 20.6 Å². The predicted molar refractivity (Wildman–Crippen MR) is 86.7 cm³/mol. The van der Waals surface area contributed by atoms with Crippen molar-refractivity contribution >= 4 is 16.8 Å². The Hall–Kier alpha value is -2.70. The van der Waals surface area contributed by atoms with Gasteiger partial charge in [-0.15, -0.1) is 0 Å². The summed E-state index contributed by atoms with van der Waals surface area (Å²) in [4.78, 5) is 16.7. The Morgan fingerprint density at radius 2 is 2.21 bits per heavy atom. The molecule has 0 spiro atoms. The summed E-state index contributed by atoms with van der Waals surface area (Å²) < 4.78 is 20.2. The van der Waals surface area contributed by atoms with Gasteiger partial charge in [0.1, 0.15) is 17.9 Å². The van der Waals surface area contributed by atoms with Gasteiger partial charge in [-0.25, -0.2) is 4.39 Å². The third kappa shape index (κ3) is 3.02. The van der Waals surface area contributed by atoms with Gasteiger partial charge in [-0.2, -0.15) is 4.98 Å². The van der Waals surface area contributed by atoms with Crippen LogP contribution >= 0.6 is 0 Å². The zero-order valence-electron chi connectivity index (χ0n) is 13.8. The monoisotopic (exact) mass is 330 g/mol. The van der Waals surface area contributed by atoms with Gasteiger partial charge in [0, 0.05) is 17.1 Å². The summed E-state index contributed by atoms with van der Waals surface area (Å²) in [5, 5.41) is 7.50. The third-order valence-corrected chi connectivity index (χ3v) is 4.17. The Bertz CT molecular complexity index is 886. The van der Waals surface area contributed by atoms with Crippen LogP contribution in [0.5, 0.6) is 0 Å². The number of aromatic nitrogens is 3. The average molecular weight is 330 g/mol. The van der Waals surface area contributed by atoms with Gasteiger partial charge in [-0.1, -0.05) is 12.1 Å². The van der Waals surface area contributed by atoms with E-state index in [9.17, 15) is 9.18 Å². The molecule has 3 rings (SSSR count). The first-order valence-corrected chi connectivity index (χ1v) is 7.77. The Morgan fingerprint density at radius 1 is 1.42 bits per heavy atom. The van der Waals surface area contributed by atoms with Crippen LogP contribution in [0.2, 0.25) is 0 Å². The smallest absolute Gasteiger partial charge is 0.252 e. The molecule has 1 N–H and O–H groups in total. The number of benzene rings is 1. The first-order chi connectivity index (χ1) is 11.4. The molecule has 0 aliphatic rings. The molecule has 3 aromatic rings. The highest BCUT2D eigenvalue weighted by Crippen LogP contribution is 2.23. The van der Waals surface area contributed by atoms with Crippen molar-refractivity contribution in [3.8, 4) is 0 Å². The summed E-state index contributed by atoms with van der Waals surface area (Å²) in [6.45, 7) is 5.64. The number of rotatable bonds is 5. The van der Waals surface area contributed by atoms with Gasteiger partial charge in [-0.3, -0.25) is 4.79 Å². The van der Waals surface area contributed by atoms with E-state index in [4.69, 9.17) is 4.52 Å². The number of carbonyl (C=O) groups is 1. The summed E-state index contributed by atoms with van der Waals surface area (Å²) in [7, 11) is 0. The molecule has 1 atom stereocenters. The predicted octanol–water partition coefficient (Wildman–Crippen LogP) is 2.91. The van der Waals surface area contributed by atoms with Gasteiger partial charge < -0.3 is 14.4 Å². The van der Waals surface area contributed by atoms with E-state index in [1.54, 1.807) is 29.8 Å². The van der Waals surface area contributed by atoms with Crippen LogP contribution in [0.25, 0.3) is 10.9 Å². The van der Waals surface area contributed by atoms with E-state index in [2.05, 4.69) is 15.5 Å². The van der Waals surface area contributed by atoms with Crippen molar-refractivity contribution in [2.24, 2.45) is 0 Å². The standard InChI is InChI=1S/C17H19FN4O2/c1-4-17(3,16-19-11(2)21-24-16)20-15(23)10-22-8-7-12-9-13(18)5-6-14(12)22/h5-9H,4,10H2,1-3H3,(H,20,23). The normalized spacial score (nSPS) is 13.8. The summed E-state index contributed by atoms with van der Waals surface area (Å²) in [5.41, 5.74) is 0.0753. The van der Waals surface area contributed by atoms with Crippen LogP contribution < -0.4 is 5.32 Å². The maximum Gasteiger partial charge on any atom is 0.252 e. The number of amides is 1. The molecule has 1 unspecified atom stereocenters. The summed E-state index contributed by atoms with van der Waals surface area (Å²) in [6, 6.07) is 6.28. The van der Waals surface area contributed by atoms with Crippen molar-refractivity contribution in [1.29, 1.82) is 0 Å². The number of fused-ring (bicyclic) bond motifs is 1. The van der Waals surface area contributed by atoms with Crippen LogP contribution in [0, 0.1) is 12.7 Å². The SMILES string of the molecule is CCC(C)(NC(=O)Cn1ccc2cc(F)ccc21)c1nc(C)no1. The zero-order valence-corrected chi connectivity index (χ0v) is 13.8. The fourth-order valence-electron chi connectivity index (χ4n) is 2.63. The van der Waals surface area contributed by atoms with Gasteiger partial charge in [0.25, 0.3) is 5.89 Å². The molecule has 0 radical (unpaired) electrons. The van der Waals surface area contributed by atoms with E-state index >= 15 is 0 Å². The summed E-state index contributed by atoms with van der Waals surface area (Å²) in [5.74, 6) is 0.430. The third-order valence-electron chi connectivity index (χ3n) is 4.17. The summed E-state index contributed by atoms with van der Waals surface area (Å²) in [6.07, 6.45) is 2.38. The molecule has 2 aromatic heterocycles. The highest BCUT2D eigenvalue weighted by Gasteiger charge is 2.32. The Morgan fingerprint density at radius 3 is 2.88 bits per heavy atom. The largest absolute Gasteiger partial charge is 0.340 e. The zero-order chi connectivity index (χ0) is 17.3. The van der Waals surface area contributed by atoms with Crippen LogP contribution in [0.1, 0.15) is 32.0 Å². The highest BCUT2D eigenvalue weighted by atomic mass is 19.1. The second-order valence-electron chi connectivity index (χ2n) is 6.03. The minimum atomic E-state index is -0.729. The molecule has 7 heteroatoms. The number of hydrogen-bond donors (Lipinski definition) is 1. The molecular weight excluding hydrogens is 311 g/mol. The van der Waals surface area contributed by atoms with Crippen molar-refractivity contribution in [2.45, 2.75) is 39.3 Å². The van der Waals surface area contributed by atoms with Crippen molar-refractivity contribution in [3.05, 3.63) is 48.0 Å². The fraction of sp³-hybridized carbons (Fsp3) is 0.353. The van der Waals surface area contributed by atoms with Crippen LogP contribution in [0.4, 0.5) is 4.39 Å². The lowest BCUT2D eigenvalue weighted by Gasteiger charge is -2.25. The van der Waals surface area contributed by atoms with Crippen LogP contribution in [-0.2, 0) is 16.9 Å². The molecule has 0 saturated heterocycles. The average Bonchev–Trinajstić information content (AvgIpc) is 3.14. The minimum absolute atomic E-state index is 0.123. The van der Waals surface area contributed by atoms with Crippen molar-refractivity contribution in [2.75, 3.05) is 0 Å². The molecule has 126 valence electrons. The van der Waals surface area contributed by atoms with Crippen molar-refractivity contribution in [1.82, 2.24) is 20.0 Å². The van der Waals surface area contributed by atoms with Crippen LogP contribution in [0.3, 0.4) is 0 Å². The Kier molecular flexibility index (Phi) is 4.09. The van der Waals surface area contributed by atoms with Crippen molar-refractivity contribution < 1.29 is 13.7 Å². The van der Waals surface area contributed by atoms with E-state index in [1.165, 1.54) is 12.1 Å². The molecule has 6 nitrogen and oxygen atoms in total. The first-order valence-electron chi connectivity index (χ1n) is 7.77. The van der Waals surface area contributed by atoms with E-state index in [1.807, 2.05) is 13.8 Å². The lowest BCUT2D eigenvalue weighted by atomic mass is 9.98. The van der Waals surface area contributed by atoms with Crippen molar-refractivity contribution in [3.63, 3.8) is 0 Å². The Labute approximate surface area is 138 Å². The topological polar surface area (TPSA) is 73.0 Å². The van der Waals surface area contributed by atoms with E-state index in [0.717, 1.165) is 10.9 Å². The lowest BCUT2D eigenvalue weighted by Crippen LogP contribution is -2.44. The second-order valence-corrected chi connectivity index (χ2v) is 6.03. The molecule has 0 aliphatic heterocycles. The van der Waals surface area contributed by atoms with E-state index in [-0.39, 0.29) is 18.3 Å².